The molecule has 108 valence electrons. The van der Waals surface area contributed by atoms with Crippen LogP contribution in [0.3, 0.4) is 0 Å². The highest BCUT2D eigenvalue weighted by atomic mass is 79.9. The van der Waals surface area contributed by atoms with Crippen molar-refractivity contribution in [2.24, 2.45) is 5.92 Å². The number of hydrogen-bond donors (Lipinski definition) is 1. The quantitative estimate of drug-likeness (QED) is 0.855. The molecule has 1 aromatic carbocycles. The fourth-order valence-electron chi connectivity index (χ4n) is 2.36. The van der Waals surface area contributed by atoms with Crippen molar-refractivity contribution in [3.63, 3.8) is 0 Å². The lowest BCUT2D eigenvalue weighted by molar-refractivity contribution is -0.112. The molecule has 0 unspecified atom stereocenters. The molecule has 0 saturated heterocycles. The number of anilines is 2. The first-order valence-electron chi connectivity index (χ1n) is 6.77. The Morgan fingerprint density at radius 1 is 1.20 bits per heavy atom. The van der Waals surface area contributed by atoms with E-state index in [0.29, 0.717) is 23.2 Å². The minimum atomic E-state index is -0.552. The zero-order valence-corrected chi connectivity index (χ0v) is 13.7. The van der Waals surface area contributed by atoms with Crippen LogP contribution in [0.4, 0.5) is 11.4 Å². The van der Waals surface area contributed by atoms with E-state index in [9.17, 15) is 9.59 Å². The highest BCUT2D eigenvalue weighted by Gasteiger charge is 2.30. The number of carbonyl (C=O) groups excluding carboxylic acids is 2. The first-order chi connectivity index (χ1) is 9.31. The van der Waals surface area contributed by atoms with Gasteiger partial charge in [-0.15, -0.1) is 0 Å². The summed E-state index contributed by atoms with van der Waals surface area (Å²) in [5.41, 5.74) is 2.05. The minimum Gasteiger partial charge on any atom is -0.368 e. The van der Waals surface area contributed by atoms with Crippen molar-refractivity contribution >= 4 is 39.0 Å². The van der Waals surface area contributed by atoms with Crippen LogP contribution >= 0.6 is 15.9 Å². The van der Waals surface area contributed by atoms with E-state index in [-0.39, 0.29) is 0 Å². The van der Waals surface area contributed by atoms with Gasteiger partial charge in [-0.3, -0.25) is 9.59 Å². The SMILES string of the molecule is CC(C)CN(c1cc2c(cc1Br)C(=O)C(=O)N2)C(C)C. The van der Waals surface area contributed by atoms with E-state index < -0.39 is 11.7 Å². The van der Waals surface area contributed by atoms with Gasteiger partial charge in [0.2, 0.25) is 0 Å². The second-order valence-electron chi connectivity index (χ2n) is 5.77. The summed E-state index contributed by atoms with van der Waals surface area (Å²) in [6.07, 6.45) is 0. The topological polar surface area (TPSA) is 49.4 Å². The van der Waals surface area contributed by atoms with Gasteiger partial charge in [-0.1, -0.05) is 13.8 Å². The summed E-state index contributed by atoms with van der Waals surface area (Å²) < 4.78 is 0.843. The summed E-state index contributed by atoms with van der Waals surface area (Å²) in [5, 5.41) is 2.63. The van der Waals surface area contributed by atoms with E-state index in [0.717, 1.165) is 16.7 Å². The van der Waals surface area contributed by atoms with E-state index in [1.807, 2.05) is 6.07 Å². The average Bonchev–Trinajstić information content (AvgIpc) is 2.61. The smallest absolute Gasteiger partial charge is 0.296 e. The summed E-state index contributed by atoms with van der Waals surface area (Å²) in [5.74, 6) is -0.495. The van der Waals surface area contributed by atoms with Crippen LogP contribution in [0.15, 0.2) is 16.6 Å². The number of benzene rings is 1. The predicted octanol–water partition coefficient (Wildman–Crippen LogP) is 3.45. The zero-order chi connectivity index (χ0) is 15.0. The first kappa shape index (κ1) is 15.0. The van der Waals surface area contributed by atoms with Crippen molar-refractivity contribution in [2.75, 3.05) is 16.8 Å². The van der Waals surface area contributed by atoms with Crippen LogP contribution < -0.4 is 10.2 Å². The minimum absolute atomic E-state index is 0.333. The van der Waals surface area contributed by atoms with Crippen molar-refractivity contribution in [2.45, 2.75) is 33.7 Å². The molecule has 0 radical (unpaired) electrons. The maximum absolute atomic E-state index is 11.7. The molecule has 0 aliphatic carbocycles. The van der Waals surface area contributed by atoms with Gasteiger partial charge >= 0.3 is 0 Å². The number of nitrogens with zero attached hydrogens (tertiary/aromatic N) is 1. The molecule has 0 bridgehead atoms. The zero-order valence-electron chi connectivity index (χ0n) is 12.2. The Kier molecular flexibility index (Phi) is 4.18. The van der Waals surface area contributed by atoms with Gasteiger partial charge in [-0.25, -0.2) is 0 Å². The third kappa shape index (κ3) is 2.73. The van der Waals surface area contributed by atoms with E-state index in [2.05, 4.69) is 53.8 Å². The Hall–Kier alpha value is -1.36. The Bertz CT molecular complexity index is 567. The van der Waals surface area contributed by atoms with Crippen molar-refractivity contribution in [3.8, 4) is 0 Å². The van der Waals surface area contributed by atoms with Crippen molar-refractivity contribution in [1.82, 2.24) is 0 Å². The molecule has 5 heteroatoms. The molecule has 1 aromatic rings. The standard InChI is InChI=1S/C15H19BrN2O2/c1-8(2)7-18(9(3)4)13-6-12-10(5-11(13)16)14(19)15(20)17-12/h5-6,8-9H,7H2,1-4H3,(H,17,19,20). The predicted molar refractivity (Wildman–Crippen MR) is 84.4 cm³/mol. The van der Waals surface area contributed by atoms with Gasteiger partial charge in [0.05, 0.1) is 16.9 Å². The molecule has 1 heterocycles. The number of carbonyl (C=O) groups is 2. The Balaban J connectivity index is 2.45. The third-order valence-corrected chi connectivity index (χ3v) is 3.92. The number of ketones is 1. The summed E-state index contributed by atoms with van der Waals surface area (Å²) in [7, 11) is 0. The molecule has 0 aromatic heterocycles. The van der Waals surface area contributed by atoms with Crippen LogP contribution in [0.1, 0.15) is 38.1 Å². The van der Waals surface area contributed by atoms with Crippen LogP contribution in [-0.2, 0) is 4.79 Å². The maximum Gasteiger partial charge on any atom is 0.296 e. The second kappa shape index (κ2) is 5.56. The van der Waals surface area contributed by atoms with Gasteiger partial charge in [0, 0.05) is 17.1 Å². The number of fused-ring (bicyclic) bond motifs is 1. The van der Waals surface area contributed by atoms with Crippen molar-refractivity contribution < 1.29 is 9.59 Å². The van der Waals surface area contributed by atoms with Gasteiger partial charge in [-0.05, 0) is 47.8 Å². The van der Waals surface area contributed by atoms with Crippen molar-refractivity contribution in [3.05, 3.63) is 22.2 Å². The van der Waals surface area contributed by atoms with Crippen LogP contribution in [-0.4, -0.2) is 24.3 Å². The summed E-state index contributed by atoms with van der Waals surface area (Å²) in [6.45, 7) is 9.51. The first-order valence-corrected chi connectivity index (χ1v) is 7.56. The van der Waals surface area contributed by atoms with Gasteiger partial charge in [0.1, 0.15) is 0 Å². The maximum atomic E-state index is 11.7. The van der Waals surface area contributed by atoms with E-state index in [1.165, 1.54) is 0 Å². The Morgan fingerprint density at radius 2 is 1.85 bits per heavy atom. The largest absolute Gasteiger partial charge is 0.368 e. The van der Waals surface area contributed by atoms with Gasteiger partial charge in [0.15, 0.2) is 0 Å². The molecule has 0 fully saturated rings. The molecular formula is C15H19BrN2O2. The molecule has 2 rings (SSSR count). The van der Waals surface area contributed by atoms with Crippen LogP contribution in [0.2, 0.25) is 0 Å². The highest BCUT2D eigenvalue weighted by Crippen LogP contribution is 2.36. The van der Waals surface area contributed by atoms with Crippen molar-refractivity contribution in [1.29, 1.82) is 0 Å². The molecular weight excluding hydrogens is 320 g/mol. The summed E-state index contributed by atoms with van der Waals surface area (Å²) in [4.78, 5) is 25.4. The van der Waals surface area contributed by atoms with E-state index >= 15 is 0 Å². The normalized spacial score (nSPS) is 13.9. The second-order valence-corrected chi connectivity index (χ2v) is 6.63. The van der Waals surface area contributed by atoms with Crippen LogP contribution in [0, 0.1) is 5.92 Å². The lowest BCUT2D eigenvalue weighted by Crippen LogP contribution is -2.34. The summed E-state index contributed by atoms with van der Waals surface area (Å²) in [6, 6.07) is 3.95. The number of hydrogen-bond acceptors (Lipinski definition) is 3. The highest BCUT2D eigenvalue weighted by molar-refractivity contribution is 9.10. The molecule has 1 aliphatic rings. The van der Waals surface area contributed by atoms with Gasteiger partial charge < -0.3 is 10.2 Å². The molecule has 0 atom stereocenters. The molecule has 0 spiro atoms. The molecule has 1 aliphatic heterocycles. The fraction of sp³-hybridized carbons (Fsp3) is 0.467. The lowest BCUT2D eigenvalue weighted by Gasteiger charge is -2.32. The number of rotatable bonds is 4. The monoisotopic (exact) mass is 338 g/mol. The number of Topliss-reactive ketones (excluding diaryl/α,β-unsaturated/α-hetero) is 1. The number of nitrogens with one attached hydrogen (secondary N) is 1. The summed E-state index contributed by atoms with van der Waals surface area (Å²) >= 11 is 3.52. The molecule has 1 N–H and O–H groups in total. The Morgan fingerprint density at radius 3 is 2.40 bits per heavy atom. The number of amides is 1. The molecule has 4 nitrogen and oxygen atoms in total. The average molecular weight is 339 g/mol. The van der Waals surface area contributed by atoms with Crippen LogP contribution in [0.25, 0.3) is 0 Å². The lowest BCUT2D eigenvalue weighted by atomic mass is 10.1. The Labute approximate surface area is 127 Å². The molecule has 1 amide bonds. The van der Waals surface area contributed by atoms with E-state index in [4.69, 9.17) is 0 Å². The fourth-order valence-corrected chi connectivity index (χ4v) is 2.93. The third-order valence-electron chi connectivity index (χ3n) is 3.28. The number of halogens is 1. The van der Waals surface area contributed by atoms with Crippen LogP contribution in [0.5, 0.6) is 0 Å². The van der Waals surface area contributed by atoms with Gasteiger partial charge in [0.25, 0.3) is 11.7 Å². The van der Waals surface area contributed by atoms with Gasteiger partial charge in [-0.2, -0.15) is 0 Å². The van der Waals surface area contributed by atoms with E-state index in [1.54, 1.807) is 6.07 Å². The molecule has 20 heavy (non-hydrogen) atoms. The molecule has 0 saturated carbocycles.